The standard InChI is InChI=1S/C11H14O2/c12-9(13)8-10-4-1-2-5-11(8,10)7-3-6-10/h1-2,8H,3-7H2,(H,12,13)/t8?,10-,11+. The molecule has 0 bridgehead atoms. The van der Waals surface area contributed by atoms with Crippen LogP contribution in [0.3, 0.4) is 0 Å². The first-order chi connectivity index (χ1) is 6.23. The predicted molar refractivity (Wildman–Crippen MR) is 48.2 cm³/mol. The first-order valence-corrected chi connectivity index (χ1v) is 5.11. The number of aliphatic carboxylic acids is 1. The molecular weight excluding hydrogens is 164 g/mol. The largest absolute Gasteiger partial charge is 0.481 e. The lowest BCUT2D eigenvalue weighted by Crippen LogP contribution is -2.09. The van der Waals surface area contributed by atoms with Crippen LogP contribution < -0.4 is 0 Å². The quantitative estimate of drug-likeness (QED) is 0.625. The zero-order chi connectivity index (χ0) is 9.10. The van der Waals surface area contributed by atoms with Crippen LogP contribution in [0.25, 0.3) is 0 Å². The van der Waals surface area contributed by atoms with Gasteiger partial charge in [-0.1, -0.05) is 18.6 Å². The average Bonchev–Trinajstić information content (AvgIpc) is 2.50. The van der Waals surface area contributed by atoms with E-state index in [4.69, 9.17) is 5.11 Å². The van der Waals surface area contributed by atoms with Gasteiger partial charge in [0.1, 0.15) is 0 Å². The molecule has 0 aromatic carbocycles. The average molecular weight is 178 g/mol. The van der Waals surface area contributed by atoms with Crippen molar-refractivity contribution in [3.8, 4) is 0 Å². The molecule has 1 N–H and O–H groups in total. The lowest BCUT2D eigenvalue weighted by molar-refractivity contribution is -0.140. The Morgan fingerprint density at radius 1 is 1.23 bits per heavy atom. The van der Waals surface area contributed by atoms with Crippen molar-refractivity contribution in [3.05, 3.63) is 12.2 Å². The van der Waals surface area contributed by atoms with Gasteiger partial charge in [0.2, 0.25) is 0 Å². The minimum absolute atomic E-state index is 0.0243. The summed E-state index contributed by atoms with van der Waals surface area (Å²) in [5.74, 6) is -0.577. The van der Waals surface area contributed by atoms with Crippen LogP contribution in [0, 0.1) is 16.7 Å². The van der Waals surface area contributed by atoms with Crippen LogP contribution in [0.1, 0.15) is 32.1 Å². The van der Waals surface area contributed by atoms with E-state index in [9.17, 15) is 4.79 Å². The maximum Gasteiger partial charge on any atom is 0.307 e. The molecule has 0 heterocycles. The van der Waals surface area contributed by atoms with Crippen molar-refractivity contribution in [1.29, 1.82) is 0 Å². The maximum absolute atomic E-state index is 11.1. The number of carbonyl (C=O) groups is 1. The molecule has 3 atom stereocenters. The maximum atomic E-state index is 11.1. The molecule has 2 nitrogen and oxygen atoms in total. The number of carboxylic acids is 1. The summed E-state index contributed by atoms with van der Waals surface area (Å²) in [7, 11) is 0. The van der Waals surface area contributed by atoms with Crippen molar-refractivity contribution in [2.45, 2.75) is 32.1 Å². The third-order valence-corrected chi connectivity index (χ3v) is 4.64. The van der Waals surface area contributed by atoms with E-state index < -0.39 is 5.97 Å². The topological polar surface area (TPSA) is 37.3 Å². The third-order valence-electron chi connectivity index (χ3n) is 4.64. The highest BCUT2D eigenvalue weighted by atomic mass is 16.4. The Morgan fingerprint density at radius 3 is 2.23 bits per heavy atom. The van der Waals surface area contributed by atoms with Crippen molar-refractivity contribution < 1.29 is 9.90 Å². The van der Waals surface area contributed by atoms with Crippen LogP contribution >= 0.6 is 0 Å². The Kier molecular flexibility index (Phi) is 1.17. The summed E-state index contributed by atoms with van der Waals surface area (Å²) < 4.78 is 0. The SMILES string of the molecule is O=C(O)C1[C@@]23CC=CC[C@@]12CCC3. The van der Waals surface area contributed by atoms with E-state index in [0.717, 1.165) is 25.7 Å². The third kappa shape index (κ3) is 0.618. The van der Waals surface area contributed by atoms with Gasteiger partial charge in [-0.25, -0.2) is 0 Å². The van der Waals surface area contributed by atoms with E-state index >= 15 is 0 Å². The minimum Gasteiger partial charge on any atom is -0.481 e. The molecule has 70 valence electrons. The normalized spacial score (nSPS) is 51.2. The predicted octanol–water partition coefficient (Wildman–Crippen LogP) is 2.21. The van der Waals surface area contributed by atoms with Crippen LogP contribution in [0.2, 0.25) is 0 Å². The molecule has 2 fully saturated rings. The Labute approximate surface area is 77.6 Å². The molecule has 0 radical (unpaired) electrons. The molecule has 0 saturated heterocycles. The zero-order valence-electron chi connectivity index (χ0n) is 7.62. The lowest BCUT2D eigenvalue weighted by atomic mass is 9.86. The van der Waals surface area contributed by atoms with Gasteiger partial charge < -0.3 is 5.11 Å². The molecule has 1 unspecified atom stereocenters. The fourth-order valence-corrected chi connectivity index (χ4v) is 4.15. The second-order valence-corrected chi connectivity index (χ2v) is 4.82. The zero-order valence-corrected chi connectivity index (χ0v) is 7.62. The number of rotatable bonds is 1. The van der Waals surface area contributed by atoms with Crippen molar-refractivity contribution in [1.82, 2.24) is 0 Å². The van der Waals surface area contributed by atoms with E-state index in [0.29, 0.717) is 0 Å². The van der Waals surface area contributed by atoms with E-state index in [-0.39, 0.29) is 16.7 Å². The van der Waals surface area contributed by atoms with E-state index in [1.807, 2.05) is 0 Å². The molecule has 0 aliphatic heterocycles. The number of hydrogen-bond donors (Lipinski definition) is 1. The van der Waals surface area contributed by atoms with Crippen LogP contribution in [-0.4, -0.2) is 11.1 Å². The van der Waals surface area contributed by atoms with Gasteiger partial charge in [0.25, 0.3) is 0 Å². The molecule has 3 rings (SSSR count). The molecule has 13 heavy (non-hydrogen) atoms. The van der Waals surface area contributed by atoms with Crippen LogP contribution in [-0.2, 0) is 4.79 Å². The summed E-state index contributed by atoms with van der Waals surface area (Å²) in [5, 5.41) is 9.15. The Hall–Kier alpha value is -0.790. The lowest BCUT2D eigenvalue weighted by Gasteiger charge is -2.18. The smallest absolute Gasteiger partial charge is 0.307 e. The van der Waals surface area contributed by atoms with Crippen LogP contribution in [0.4, 0.5) is 0 Å². The van der Waals surface area contributed by atoms with E-state index in [1.165, 1.54) is 6.42 Å². The summed E-state index contributed by atoms with van der Waals surface area (Å²) >= 11 is 0. The molecule has 0 spiro atoms. The van der Waals surface area contributed by atoms with Crippen molar-refractivity contribution in [3.63, 3.8) is 0 Å². The molecule has 0 aromatic heterocycles. The van der Waals surface area contributed by atoms with Gasteiger partial charge in [0.15, 0.2) is 0 Å². The Morgan fingerprint density at radius 2 is 1.77 bits per heavy atom. The summed E-state index contributed by atoms with van der Waals surface area (Å²) in [6, 6.07) is 0. The summed E-state index contributed by atoms with van der Waals surface area (Å²) in [4.78, 5) is 11.1. The molecular formula is C11H14O2. The monoisotopic (exact) mass is 178 g/mol. The highest BCUT2D eigenvalue weighted by Crippen LogP contribution is 2.82. The summed E-state index contributed by atoms with van der Waals surface area (Å²) in [5.41, 5.74) is 0.376. The highest BCUT2D eigenvalue weighted by Gasteiger charge is 2.79. The van der Waals surface area contributed by atoms with Gasteiger partial charge in [0.05, 0.1) is 5.92 Å². The molecule has 0 aromatic rings. The molecule has 3 aliphatic carbocycles. The van der Waals surface area contributed by atoms with Gasteiger partial charge in [-0.15, -0.1) is 0 Å². The van der Waals surface area contributed by atoms with Gasteiger partial charge in [-0.2, -0.15) is 0 Å². The number of allylic oxidation sites excluding steroid dienone is 2. The van der Waals surface area contributed by atoms with E-state index in [1.54, 1.807) is 0 Å². The van der Waals surface area contributed by atoms with Crippen LogP contribution in [0.5, 0.6) is 0 Å². The van der Waals surface area contributed by atoms with Gasteiger partial charge in [-0.05, 0) is 36.5 Å². The Bertz CT molecular complexity index is 285. The van der Waals surface area contributed by atoms with Crippen LogP contribution in [0.15, 0.2) is 12.2 Å². The van der Waals surface area contributed by atoms with Crippen molar-refractivity contribution >= 4 is 5.97 Å². The first-order valence-electron chi connectivity index (χ1n) is 5.11. The number of hydrogen-bond acceptors (Lipinski definition) is 1. The second-order valence-electron chi connectivity index (χ2n) is 4.82. The fourth-order valence-electron chi connectivity index (χ4n) is 4.15. The van der Waals surface area contributed by atoms with Crippen molar-refractivity contribution in [2.75, 3.05) is 0 Å². The van der Waals surface area contributed by atoms with Gasteiger partial charge in [0, 0.05) is 0 Å². The van der Waals surface area contributed by atoms with Gasteiger partial charge in [-0.3, -0.25) is 4.79 Å². The molecule has 2 heteroatoms. The summed E-state index contributed by atoms with van der Waals surface area (Å²) in [6.07, 6.45) is 9.95. The molecule has 2 saturated carbocycles. The van der Waals surface area contributed by atoms with Crippen molar-refractivity contribution in [2.24, 2.45) is 16.7 Å². The molecule has 3 aliphatic rings. The summed E-state index contributed by atoms with van der Waals surface area (Å²) in [6.45, 7) is 0. The second kappa shape index (κ2) is 1.99. The number of carboxylic acid groups (broad SMARTS) is 1. The first kappa shape index (κ1) is 7.60. The Balaban J connectivity index is 2.02. The minimum atomic E-state index is -0.552. The van der Waals surface area contributed by atoms with Gasteiger partial charge >= 0.3 is 5.97 Å². The fraction of sp³-hybridized carbons (Fsp3) is 0.727. The highest BCUT2D eigenvalue weighted by molar-refractivity contribution is 5.78. The van der Waals surface area contributed by atoms with E-state index in [2.05, 4.69) is 12.2 Å². The molecule has 0 amide bonds.